The molecule has 106 valence electrons. The van der Waals surface area contributed by atoms with Crippen LogP contribution in [0, 0.1) is 4.84 Å². The van der Waals surface area contributed by atoms with Crippen molar-refractivity contribution in [1.29, 1.82) is 0 Å². The zero-order valence-corrected chi connectivity index (χ0v) is 12.0. The molecule has 1 aromatic heterocycles. The molecule has 1 saturated heterocycles. The number of rotatable bonds is 2. The van der Waals surface area contributed by atoms with E-state index < -0.39 is 0 Å². The van der Waals surface area contributed by atoms with Crippen LogP contribution in [0.4, 0.5) is 0 Å². The van der Waals surface area contributed by atoms with Crippen molar-refractivity contribution >= 4 is 29.2 Å². The molecule has 3 rings (SSSR count). The van der Waals surface area contributed by atoms with Gasteiger partial charge >= 0.3 is 0 Å². The van der Waals surface area contributed by atoms with Crippen LogP contribution in [-0.2, 0) is 4.74 Å². The summed E-state index contributed by atoms with van der Waals surface area (Å²) in [5.74, 6) is 0.0102. The van der Waals surface area contributed by atoms with Gasteiger partial charge in [-0.3, -0.25) is 4.79 Å². The van der Waals surface area contributed by atoms with Crippen LogP contribution in [0.1, 0.15) is 23.2 Å². The minimum absolute atomic E-state index is 0.0102. The zero-order chi connectivity index (χ0) is 14.1. The van der Waals surface area contributed by atoms with E-state index in [0.717, 1.165) is 24.9 Å². The number of aromatic amines is 1. The van der Waals surface area contributed by atoms with Gasteiger partial charge in [-0.05, 0) is 43.3 Å². The van der Waals surface area contributed by atoms with Gasteiger partial charge in [0, 0.05) is 25.8 Å². The van der Waals surface area contributed by atoms with Gasteiger partial charge in [-0.15, -0.1) is 0 Å². The summed E-state index contributed by atoms with van der Waals surface area (Å²) in [6.07, 6.45) is 2.11. The summed E-state index contributed by atoms with van der Waals surface area (Å²) in [6, 6.07) is 5.35. The van der Waals surface area contributed by atoms with Gasteiger partial charge in [-0.1, -0.05) is 0 Å². The van der Waals surface area contributed by atoms with Crippen LogP contribution in [0.2, 0.25) is 0 Å². The van der Waals surface area contributed by atoms with Gasteiger partial charge in [0.1, 0.15) is 0 Å². The first kappa shape index (κ1) is 13.3. The maximum absolute atomic E-state index is 12.5. The number of methoxy groups -OCH3 is 1. The van der Waals surface area contributed by atoms with E-state index >= 15 is 0 Å². The normalized spacial score (nSPS) is 19.4. The Kier molecular flexibility index (Phi) is 3.58. The predicted octanol–water partition coefficient (Wildman–Crippen LogP) is 2.74. The largest absolute Gasteiger partial charge is 0.429 e. The molecule has 0 spiro atoms. The quantitative estimate of drug-likeness (QED) is 0.865. The molecule has 2 aromatic rings. The van der Waals surface area contributed by atoms with Crippen molar-refractivity contribution in [3.8, 4) is 0 Å². The Hall–Kier alpha value is -1.66. The lowest BCUT2D eigenvalue weighted by molar-refractivity contribution is 0.0269. The first-order valence-electron chi connectivity index (χ1n) is 6.62. The third kappa shape index (κ3) is 2.48. The summed E-state index contributed by atoms with van der Waals surface area (Å²) < 4.78 is 10.7. The molecule has 1 atom stereocenters. The summed E-state index contributed by atoms with van der Waals surface area (Å²) in [5, 5.41) is 0. The van der Waals surface area contributed by atoms with Gasteiger partial charge in [-0.25, -0.2) is 0 Å². The SMILES string of the molecule is CO[C@@H]1CCCN(C(=O)c2ccc3[nH]c(=S)oc3c2)C1. The number of hydrogen-bond donors (Lipinski definition) is 1. The van der Waals surface area contributed by atoms with E-state index in [2.05, 4.69) is 4.98 Å². The van der Waals surface area contributed by atoms with Gasteiger partial charge in [0.2, 0.25) is 0 Å². The highest BCUT2D eigenvalue weighted by molar-refractivity contribution is 7.71. The van der Waals surface area contributed by atoms with Crippen LogP contribution < -0.4 is 0 Å². The molecule has 20 heavy (non-hydrogen) atoms. The Balaban J connectivity index is 1.86. The molecule has 1 fully saturated rings. The molecule has 5 nitrogen and oxygen atoms in total. The molecule has 6 heteroatoms. The van der Waals surface area contributed by atoms with Crippen LogP contribution in [0.5, 0.6) is 0 Å². The fraction of sp³-hybridized carbons (Fsp3) is 0.429. The monoisotopic (exact) mass is 292 g/mol. The number of benzene rings is 1. The summed E-state index contributed by atoms with van der Waals surface area (Å²) in [6.45, 7) is 1.41. The molecule has 1 aromatic carbocycles. The summed E-state index contributed by atoms with van der Waals surface area (Å²) in [7, 11) is 1.69. The zero-order valence-electron chi connectivity index (χ0n) is 11.2. The number of oxazole rings is 1. The van der Waals surface area contributed by atoms with Crippen LogP contribution in [-0.4, -0.2) is 42.1 Å². The second-order valence-corrected chi connectivity index (χ2v) is 5.35. The Bertz CT molecular complexity index is 691. The lowest BCUT2D eigenvalue weighted by Crippen LogP contribution is -2.42. The van der Waals surface area contributed by atoms with E-state index in [1.165, 1.54) is 0 Å². The minimum Gasteiger partial charge on any atom is -0.429 e. The highest BCUT2D eigenvalue weighted by Crippen LogP contribution is 2.19. The van der Waals surface area contributed by atoms with Crippen molar-refractivity contribution in [2.45, 2.75) is 18.9 Å². The van der Waals surface area contributed by atoms with Crippen LogP contribution in [0.3, 0.4) is 0 Å². The maximum atomic E-state index is 12.5. The second kappa shape index (κ2) is 5.38. The van der Waals surface area contributed by atoms with E-state index in [4.69, 9.17) is 21.4 Å². The molecule has 1 aliphatic heterocycles. The molecule has 0 radical (unpaired) electrons. The highest BCUT2D eigenvalue weighted by atomic mass is 32.1. The number of hydrogen-bond acceptors (Lipinski definition) is 4. The number of likely N-dealkylation sites (tertiary alicyclic amines) is 1. The molecule has 1 N–H and O–H groups in total. The molecular weight excluding hydrogens is 276 g/mol. The van der Waals surface area contributed by atoms with Crippen LogP contribution >= 0.6 is 12.2 Å². The Labute approximate surface area is 121 Å². The van der Waals surface area contributed by atoms with E-state index in [0.29, 0.717) is 22.5 Å². The number of nitrogens with zero attached hydrogens (tertiary/aromatic N) is 1. The van der Waals surface area contributed by atoms with Gasteiger partial charge in [0.25, 0.3) is 10.7 Å². The number of ether oxygens (including phenoxy) is 1. The average Bonchev–Trinajstić information content (AvgIpc) is 2.85. The number of nitrogens with one attached hydrogen (secondary N) is 1. The number of carbonyl (C=O) groups is 1. The van der Waals surface area contributed by atoms with Crippen molar-refractivity contribution < 1.29 is 13.9 Å². The smallest absolute Gasteiger partial charge is 0.266 e. The fourth-order valence-electron chi connectivity index (χ4n) is 2.58. The first-order chi connectivity index (χ1) is 9.67. The summed E-state index contributed by atoms with van der Waals surface area (Å²) in [5.41, 5.74) is 2.04. The first-order valence-corrected chi connectivity index (χ1v) is 7.03. The molecule has 0 saturated carbocycles. The molecule has 0 unspecified atom stereocenters. The Morgan fingerprint density at radius 2 is 2.40 bits per heavy atom. The standard InChI is InChI=1S/C14H16N2O3S/c1-18-10-3-2-6-16(8-10)13(17)9-4-5-11-12(7-9)19-14(20)15-11/h4-5,7,10H,2-3,6,8H2,1H3,(H,15,20)/t10-/m1/s1. The van der Waals surface area contributed by atoms with E-state index in [1.807, 2.05) is 11.0 Å². The van der Waals surface area contributed by atoms with Gasteiger partial charge in [0.15, 0.2) is 5.58 Å². The van der Waals surface area contributed by atoms with Crippen molar-refractivity contribution in [2.75, 3.05) is 20.2 Å². The van der Waals surface area contributed by atoms with Crippen molar-refractivity contribution in [2.24, 2.45) is 0 Å². The predicted molar refractivity (Wildman–Crippen MR) is 77.3 cm³/mol. The number of aromatic nitrogens is 1. The maximum Gasteiger partial charge on any atom is 0.266 e. The second-order valence-electron chi connectivity index (χ2n) is 4.98. The number of carbonyl (C=O) groups excluding carboxylic acids is 1. The third-order valence-corrected chi connectivity index (χ3v) is 3.85. The topological polar surface area (TPSA) is 58.5 Å². The number of fused-ring (bicyclic) bond motifs is 1. The number of H-pyrrole nitrogens is 1. The van der Waals surface area contributed by atoms with Gasteiger partial charge in [0.05, 0.1) is 11.6 Å². The van der Waals surface area contributed by atoms with Crippen molar-refractivity contribution in [3.63, 3.8) is 0 Å². The summed E-state index contributed by atoms with van der Waals surface area (Å²) in [4.78, 5) is 17.6. The lowest BCUT2D eigenvalue weighted by atomic mass is 10.1. The Morgan fingerprint density at radius 1 is 1.55 bits per heavy atom. The highest BCUT2D eigenvalue weighted by Gasteiger charge is 2.24. The minimum atomic E-state index is 0.0102. The van der Waals surface area contributed by atoms with Crippen LogP contribution in [0.15, 0.2) is 22.6 Å². The molecule has 1 aliphatic rings. The summed E-state index contributed by atoms with van der Waals surface area (Å²) >= 11 is 4.94. The Morgan fingerprint density at radius 3 is 3.20 bits per heavy atom. The van der Waals surface area contributed by atoms with E-state index in [-0.39, 0.29) is 12.0 Å². The molecule has 1 amide bonds. The van der Waals surface area contributed by atoms with Crippen molar-refractivity contribution in [1.82, 2.24) is 9.88 Å². The van der Waals surface area contributed by atoms with Crippen LogP contribution in [0.25, 0.3) is 11.1 Å². The van der Waals surface area contributed by atoms with Gasteiger partial charge in [-0.2, -0.15) is 0 Å². The third-order valence-electron chi connectivity index (χ3n) is 3.67. The molecular formula is C14H16N2O3S. The molecule has 2 heterocycles. The van der Waals surface area contributed by atoms with Gasteiger partial charge < -0.3 is 19.0 Å². The van der Waals surface area contributed by atoms with E-state index in [9.17, 15) is 4.79 Å². The molecule has 0 bridgehead atoms. The van der Waals surface area contributed by atoms with Crippen molar-refractivity contribution in [3.05, 3.63) is 28.6 Å². The lowest BCUT2D eigenvalue weighted by Gasteiger charge is -2.31. The van der Waals surface area contributed by atoms with E-state index in [1.54, 1.807) is 19.2 Å². The number of amides is 1. The average molecular weight is 292 g/mol. The fourth-order valence-corrected chi connectivity index (χ4v) is 2.78. The number of piperidine rings is 1. The molecule has 0 aliphatic carbocycles.